The van der Waals surface area contributed by atoms with Gasteiger partial charge in [-0.25, -0.2) is 8.78 Å². The van der Waals surface area contributed by atoms with Gasteiger partial charge >= 0.3 is 0 Å². The summed E-state index contributed by atoms with van der Waals surface area (Å²) in [6, 6.07) is 10.1. The van der Waals surface area contributed by atoms with Gasteiger partial charge in [0, 0.05) is 0 Å². The minimum Gasteiger partial charge on any atom is -0.494 e. The highest BCUT2D eigenvalue weighted by Crippen LogP contribution is 2.19. The molecule has 0 radical (unpaired) electrons. The molecule has 4 nitrogen and oxygen atoms in total. The van der Waals surface area contributed by atoms with Gasteiger partial charge in [-0.2, -0.15) is 0 Å². The van der Waals surface area contributed by atoms with Crippen LogP contribution in [0.3, 0.4) is 0 Å². The van der Waals surface area contributed by atoms with Gasteiger partial charge in [0.1, 0.15) is 28.8 Å². The molecule has 1 N–H and O–H groups in total. The fraction of sp³-hybridized carbons (Fsp3) is 0.235. The number of rotatable bonds is 7. The molecule has 0 saturated heterocycles. The van der Waals surface area contributed by atoms with E-state index in [0.717, 1.165) is 18.6 Å². The Kier molecular flexibility index (Phi) is 5.91. The maximum absolute atomic E-state index is 13.4. The van der Waals surface area contributed by atoms with E-state index in [9.17, 15) is 13.6 Å². The number of halogens is 2. The number of carbonyl (C=O) groups excluding carboxylic acids is 1. The molecule has 0 unspecified atom stereocenters. The van der Waals surface area contributed by atoms with Crippen LogP contribution >= 0.6 is 0 Å². The Hall–Kier alpha value is -2.63. The average Bonchev–Trinajstić information content (AvgIpc) is 2.55. The van der Waals surface area contributed by atoms with Gasteiger partial charge in [-0.05, 0) is 42.8 Å². The number of hydrogen-bond acceptors (Lipinski definition) is 3. The van der Waals surface area contributed by atoms with Gasteiger partial charge < -0.3 is 14.8 Å². The summed E-state index contributed by atoms with van der Waals surface area (Å²) >= 11 is 0. The summed E-state index contributed by atoms with van der Waals surface area (Å²) < 4.78 is 37.5. The third-order valence-corrected chi connectivity index (χ3v) is 2.89. The van der Waals surface area contributed by atoms with Crippen LogP contribution in [-0.2, 0) is 4.79 Å². The van der Waals surface area contributed by atoms with E-state index in [1.807, 2.05) is 6.92 Å². The van der Waals surface area contributed by atoms with Crippen molar-refractivity contribution in [3.8, 4) is 11.5 Å². The molecule has 0 aliphatic heterocycles. The third kappa shape index (κ3) is 4.95. The normalized spacial score (nSPS) is 10.2. The molecule has 2 aromatic carbocycles. The van der Waals surface area contributed by atoms with Gasteiger partial charge in [0.2, 0.25) is 0 Å². The van der Waals surface area contributed by atoms with Crippen molar-refractivity contribution < 1.29 is 23.0 Å². The Morgan fingerprint density at radius 1 is 1.00 bits per heavy atom. The molecular weight excluding hydrogens is 304 g/mol. The number of ether oxygens (including phenoxy) is 2. The second-order valence-corrected chi connectivity index (χ2v) is 4.75. The predicted octanol–water partition coefficient (Wildman–Crippen LogP) is 3.77. The van der Waals surface area contributed by atoms with Gasteiger partial charge in [0.05, 0.1) is 6.61 Å². The number of para-hydroxylation sites is 1. The lowest BCUT2D eigenvalue weighted by molar-refractivity contribution is -0.118. The minimum absolute atomic E-state index is 0.358. The number of amides is 1. The van der Waals surface area contributed by atoms with Crippen molar-refractivity contribution in [1.29, 1.82) is 0 Å². The maximum Gasteiger partial charge on any atom is 0.262 e. The van der Waals surface area contributed by atoms with Gasteiger partial charge in [0.15, 0.2) is 6.61 Å². The van der Waals surface area contributed by atoms with Crippen LogP contribution in [0.25, 0.3) is 0 Å². The molecule has 0 atom stereocenters. The van der Waals surface area contributed by atoms with E-state index in [2.05, 4.69) is 5.32 Å². The topological polar surface area (TPSA) is 47.6 Å². The lowest BCUT2D eigenvalue weighted by atomic mass is 10.3. The SMILES string of the molecule is CCCOc1ccc(OCC(=O)Nc2c(F)cccc2F)cc1. The van der Waals surface area contributed by atoms with E-state index in [1.54, 1.807) is 24.3 Å². The highest BCUT2D eigenvalue weighted by molar-refractivity contribution is 5.92. The number of carbonyl (C=O) groups is 1. The molecule has 1 amide bonds. The first-order valence-electron chi connectivity index (χ1n) is 7.19. The van der Waals surface area contributed by atoms with Crippen LogP contribution in [0.15, 0.2) is 42.5 Å². The largest absolute Gasteiger partial charge is 0.494 e. The zero-order chi connectivity index (χ0) is 16.7. The van der Waals surface area contributed by atoms with Crippen molar-refractivity contribution in [3.05, 3.63) is 54.1 Å². The van der Waals surface area contributed by atoms with Gasteiger partial charge in [-0.1, -0.05) is 13.0 Å². The fourth-order valence-electron chi connectivity index (χ4n) is 1.79. The van der Waals surface area contributed by atoms with Crippen LogP contribution in [0.4, 0.5) is 14.5 Å². The van der Waals surface area contributed by atoms with Crippen molar-refractivity contribution >= 4 is 11.6 Å². The lowest BCUT2D eigenvalue weighted by Crippen LogP contribution is -2.21. The standard InChI is InChI=1S/C17H17F2NO3/c1-2-10-22-12-6-8-13(9-7-12)23-11-16(21)20-17-14(18)4-3-5-15(17)19/h3-9H,2,10-11H2,1H3,(H,20,21). The zero-order valence-electron chi connectivity index (χ0n) is 12.6. The summed E-state index contributed by atoms with van der Waals surface area (Å²) in [6.45, 7) is 2.27. The van der Waals surface area contributed by atoms with Gasteiger partial charge in [-0.15, -0.1) is 0 Å². The number of hydrogen-bond donors (Lipinski definition) is 1. The molecule has 2 aromatic rings. The highest BCUT2D eigenvalue weighted by Gasteiger charge is 2.12. The monoisotopic (exact) mass is 321 g/mol. The Morgan fingerprint density at radius 2 is 1.57 bits per heavy atom. The zero-order valence-corrected chi connectivity index (χ0v) is 12.6. The van der Waals surface area contributed by atoms with Crippen LogP contribution in [0.1, 0.15) is 13.3 Å². The van der Waals surface area contributed by atoms with Crippen molar-refractivity contribution in [2.45, 2.75) is 13.3 Å². The molecule has 0 bridgehead atoms. The molecule has 0 saturated carbocycles. The third-order valence-electron chi connectivity index (χ3n) is 2.89. The van der Waals surface area contributed by atoms with E-state index in [0.29, 0.717) is 18.1 Å². The molecule has 0 aliphatic carbocycles. The summed E-state index contributed by atoms with van der Waals surface area (Å²) in [5, 5.41) is 2.15. The van der Waals surface area contributed by atoms with Gasteiger partial charge in [-0.3, -0.25) is 4.79 Å². The first-order chi connectivity index (χ1) is 11.1. The molecule has 122 valence electrons. The van der Waals surface area contributed by atoms with Crippen LogP contribution in [0.5, 0.6) is 11.5 Å². The molecule has 6 heteroatoms. The van der Waals surface area contributed by atoms with Crippen molar-refractivity contribution in [2.24, 2.45) is 0 Å². The summed E-state index contributed by atoms with van der Waals surface area (Å²) in [5.74, 6) is -1.16. The van der Waals surface area contributed by atoms with Crippen molar-refractivity contribution in [3.63, 3.8) is 0 Å². The molecule has 0 aromatic heterocycles. The second kappa shape index (κ2) is 8.12. The predicted molar refractivity (Wildman–Crippen MR) is 82.7 cm³/mol. The van der Waals surface area contributed by atoms with E-state index in [1.165, 1.54) is 6.07 Å². The quantitative estimate of drug-likeness (QED) is 0.844. The molecule has 23 heavy (non-hydrogen) atoms. The summed E-state index contributed by atoms with van der Waals surface area (Å²) in [5.41, 5.74) is -0.482. The summed E-state index contributed by atoms with van der Waals surface area (Å²) in [7, 11) is 0. The maximum atomic E-state index is 13.4. The minimum atomic E-state index is -0.837. The van der Waals surface area contributed by atoms with Crippen LogP contribution in [0, 0.1) is 11.6 Å². The van der Waals surface area contributed by atoms with Crippen LogP contribution in [0.2, 0.25) is 0 Å². The van der Waals surface area contributed by atoms with E-state index >= 15 is 0 Å². The fourth-order valence-corrected chi connectivity index (χ4v) is 1.79. The lowest BCUT2D eigenvalue weighted by Gasteiger charge is -2.09. The Balaban J connectivity index is 1.87. The summed E-state index contributed by atoms with van der Waals surface area (Å²) in [4.78, 5) is 11.7. The number of anilines is 1. The molecule has 0 aliphatic rings. The van der Waals surface area contributed by atoms with Crippen molar-refractivity contribution in [2.75, 3.05) is 18.5 Å². The van der Waals surface area contributed by atoms with Crippen LogP contribution in [-0.4, -0.2) is 19.1 Å². The number of benzene rings is 2. The highest BCUT2D eigenvalue weighted by atomic mass is 19.1. The summed E-state index contributed by atoms with van der Waals surface area (Å²) in [6.07, 6.45) is 0.908. The number of nitrogens with one attached hydrogen (secondary N) is 1. The second-order valence-electron chi connectivity index (χ2n) is 4.75. The molecular formula is C17H17F2NO3. The first-order valence-corrected chi connectivity index (χ1v) is 7.19. The van der Waals surface area contributed by atoms with E-state index in [-0.39, 0.29) is 6.61 Å². The smallest absolute Gasteiger partial charge is 0.262 e. The average molecular weight is 321 g/mol. The first kappa shape index (κ1) is 16.7. The van der Waals surface area contributed by atoms with E-state index < -0.39 is 23.2 Å². The molecule has 0 spiro atoms. The van der Waals surface area contributed by atoms with E-state index in [4.69, 9.17) is 9.47 Å². The Bertz CT molecular complexity index is 639. The molecule has 0 heterocycles. The van der Waals surface area contributed by atoms with Crippen molar-refractivity contribution in [1.82, 2.24) is 0 Å². The molecule has 0 fully saturated rings. The Labute approximate surface area is 133 Å². The van der Waals surface area contributed by atoms with Crippen LogP contribution < -0.4 is 14.8 Å². The Morgan fingerprint density at radius 3 is 2.13 bits per heavy atom. The van der Waals surface area contributed by atoms with Gasteiger partial charge in [0.25, 0.3) is 5.91 Å². The molecule has 2 rings (SSSR count).